The average Bonchev–Trinajstić information content (AvgIpc) is 3.70. The molecule has 7 heteroatoms. The first kappa shape index (κ1) is 39.4. The topological polar surface area (TPSA) is 10.4 Å². The predicted octanol–water partition coefficient (Wildman–Crippen LogP) is 10.1. The molecule has 0 unspecified atom stereocenters. The van der Waals surface area contributed by atoms with Gasteiger partial charge in [0.15, 0.2) is 6.54 Å². The summed E-state index contributed by atoms with van der Waals surface area (Å²) in [6, 6.07) is 35.4. The zero-order valence-corrected chi connectivity index (χ0v) is 35.4. The monoisotopic (exact) mass is 758 g/mol. The fourth-order valence-corrected chi connectivity index (χ4v) is 9.38. The molecule has 0 aliphatic carbocycles. The molecule has 2 aromatic heterocycles. The quantitative estimate of drug-likeness (QED) is 0.0678. The van der Waals surface area contributed by atoms with Gasteiger partial charge in [-0.25, -0.2) is 0 Å². The van der Waals surface area contributed by atoms with E-state index in [4.69, 9.17) is 0 Å². The van der Waals surface area contributed by atoms with Crippen LogP contribution in [-0.2, 0) is 13.0 Å². The molecule has 0 bridgehead atoms. The first-order valence-electron chi connectivity index (χ1n) is 19.3. The van der Waals surface area contributed by atoms with E-state index < -0.39 is 0 Å². The molecular weight excluding hydrogens is 699 g/mol. The molecule has 0 saturated carbocycles. The largest absolute Gasteiger partial charge is 0.378 e. The van der Waals surface area contributed by atoms with Crippen molar-refractivity contribution in [1.29, 1.82) is 0 Å². The molecule has 2 heterocycles. The van der Waals surface area contributed by atoms with Crippen LogP contribution >= 0.6 is 22.7 Å². The zero-order valence-electron chi connectivity index (χ0n) is 33.8. The molecule has 0 radical (unpaired) electrons. The number of likely N-dealkylation sites (N-methyl/N-ethyl adjacent to an activating group) is 2. The summed E-state index contributed by atoms with van der Waals surface area (Å²) in [6.07, 6.45) is 12.6. The Morgan fingerprint density at radius 1 is 0.556 bits per heavy atom. The van der Waals surface area contributed by atoms with Crippen molar-refractivity contribution in [3.8, 4) is 0 Å². The standard InChI is InChI=1S/C47H60N5S2/c1-48(2)39-26-20-37(21-27-39)24-30-45-42(41-15-9-11-18-44(41)53-45)16-13-33-51(5,6)35-36-52(7,8)34-14-32-50-43-17-10-12-19-46(43)54-47(50)31-25-38-22-28-40(29-23-38)49(3)4/h9-12,15,17-31H,13-14,16,32-36H2,1-8H3/q+3/b30-24+. The Morgan fingerprint density at radius 2 is 1.09 bits per heavy atom. The summed E-state index contributed by atoms with van der Waals surface area (Å²) in [6.45, 7) is 5.68. The van der Waals surface area contributed by atoms with Gasteiger partial charge in [-0.05, 0) is 77.0 Å². The second-order valence-electron chi connectivity index (χ2n) is 16.4. The molecule has 0 amide bonds. The van der Waals surface area contributed by atoms with Gasteiger partial charge in [0.1, 0.15) is 17.8 Å². The normalized spacial score (nSPS) is 12.5. The highest BCUT2D eigenvalue weighted by Gasteiger charge is 2.25. The van der Waals surface area contributed by atoms with Crippen LogP contribution in [0.15, 0.2) is 97.1 Å². The highest BCUT2D eigenvalue weighted by Crippen LogP contribution is 2.34. The molecule has 6 aromatic rings. The lowest BCUT2D eigenvalue weighted by Gasteiger charge is -2.35. The van der Waals surface area contributed by atoms with Crippen LogP contribution in [-0.4, -0.2) is 91.5 Å². The van der Waals surface area contributed by atoms with Gasteiger partial charge in [-0.2, -0.15) is 4.57 Å². The molecule has 6 rings (SSSR count). The Bertz CT molecular complexity index is 2030. The Kier molecular flexibility index (Phi) is 12.7. The number of thiophene rings is 1. The van der Waals surface area contributed by atoms with E-state index in [0.717, 1.165) is 34.9 Å². The lowest BCUT2D eigenvalue weighted by Crippen LogP contribution is -2.52. The number of hydrogen-bond donors (Lipinski definition) is 0. The molecule has 0 saturated heterocycles. The van der Waals surface area contributed by atoms with Crippen molar-refractivity contribution >= 4 is 78.7 Å². The van der Waals surface area contributed by atoms with Gasteiger partial charge in [0.05, 0.1) is 47.7 Å². The summed E-state index contributed by atoms with van der Waals surface area (Å²) in [5.41, 5.74) is 7.76. The average molecular weight is 759 g/mol. The van der Waals surface area contributed by atoms with E-state index >= 15 is 0 Å². The van der Waals surface area contributed by atoms with Crippen LogP contribution in [0.4, 0.5) is 11.4 Å². The molecule has 0 spiro atoms. The molecule has 0 N–H and O–H groups in total. The van der Waals surface area contributed by atoms with E-state index in [0.29, 0.717) is 0 Å². The van der Waals surface area contributed by atoms with E-state index in [1.807, 2.05) is 22.7 Å². The van der Waals surface area contributed by atoms with E-state index in [1.165, 1.54) is 84.3 Å². The number of aryl methyl sites for hydroxylation is 2. The predicted molar refractivity (Wildman–Crippen MR) is 240 cm³/mol. The summed E-state index contributed by atoms with van der Waals surface area (Å²) >= 11 is 3.81. The lowest BCUT2D eigenvalue weighted by molar-refractivity contribution is -0.946. The molecule has 0 fully saturated rings. The minimum absolute atomic E-state index is 1.02. The van der Waals surface area contributed by atoms with Gasteiger partial charge < -0.3 is 18.8 Å². The van der Waals surface area contributed by atoms with Gasteiger partial charge in [-0.1, -0.05) is 72.0 Å². The number of aromatic nitrogens is 1. The van der Waals surface area contributed by atoms with Crippen molar-refractivity contribution in [2.45, 2.75) is 25.8 Å². The maximum Gasteiger partial charge on any atom is 0.262 e. The van der Waals surface area contributed by atoms with E-state index in [1.54, 1.807) is 0 Å². The number of anilines is 2. The summed E-state index contributed by atoms with van der Waals surface area (Å²) in [5.74, 6) is 0. The molecule has 0 aliphatic rings. The summed E-state index contributed by atoms with van der Waals surface area (Å²) in [5, 5.41) is 2.73. The van der Waals surface area contributed by atoms with Crippen molar-refractivity contribution in [1.82, 2.24) is 0 Å². The number of rotatable bonds is 17. The molecule has 54 heavy (non-hydrogen) atoms. The Morgan fingerprint density at radius 3 is 1.70 bits per heavy atom. The Hall–Kier alpha value is -4.27. The third-order valence-corrected chi connectivity index (χ3v) is 13.0. The van der Waals surface area contributed by atoms with Gasteiger partial charge >= 0.3 is 0 Å². The van der Waals surface area contributed by atoms with Crippen LogP contribution in [0, 0.1) is 0 Å². The highest BCUT2D eigenvalue weighted by molar-refractivity contribution is 7.20. The zero-order chi connectivity index (χ0) is 38.3. The second kappa shape index (κ2) is 17.5. The van der Waals surface area contributed by atoms with Gasteiger partial charge in [-0.15, -0.1) is 11.3 Å². The van der Waals surface area contributed by atoms with Gasteiger partial charge in [0.25, 0.3) is 5.01 Å². The van der Waals surface area contributed by atoms with Crippen LogP contribution in [0.3, 0.4) is 0 Å². The van der Waals surface area contributed by atoms with Crippen molar-refractivity contribution in [2.75, 3.05) is 92.4 Å². The van der Waals surface area contributed by atoms with E-state index in [9.17, 15) is 0 Å². The summed E-state index contributed by atoms with van der Waals surface area (Å²) in [7, 11) is 18.0. The number of hydrogen-bond acceptors (Lipinski definition) is 4. The number of para-hydroxylation sites is 1. The fourth-order valence-electron chi connectivity index (χ4n) is 7.13. The summed E-state index contributed by atoms with van der Waals surface area (Å²) in [4.78, 5) is 5.68. The second-order valence-corrected chi connectivity index (χ2v) is 18.5. The molecular formula is C47H60N5S2+3. The maximum absolute atomic E-state index is 2.53. The summed E-state index contributed by atoms with van der Waals surface area (Å²) < 4.78 is 7.34. The van der Waals surface area contributed by atoms with Crippen molar-refractivity contribution in [3.63, 3.8) is 0 Å². The van der Waals surface area contributed by atoms with Crippen LogP contribution < -0.4 is 14.4 Å². The fraction of sp³-hybridized carbons (Fsp3) is 0.340. The Labute approximate surface area is 332 Å². The number of fused-ring (bicyclic) bond motifs is 2. The Balaban J connectivity index is 1.03. The molecule has 4 aromatic carbocycles. The van der Waals surface area contributed by atoms with Crippen LogP contribution in [0.1, 0.15) is 39.4 Å². The third kappa shape index (κ3) is 10.3. The first-order valence-corrected chi connectivity index (χ1v) is 21.0. The van der Waals surface area contributed by atoms with Crippen molar-refractivity contribution in [2.24, 2.45) is 0 Å². The van der Waals surface area contributed by atoms with E-state index in [2.05, 4.69) is 192 Å². The maximum atomic E-state index is 2.53. The number of thiazole rings is 1. The number of quaternary nitrogens is 2. The molecule has 282 valence electrons. The van der Waals surface area contributed by atoms with E-state index in [-0.39, 0.29) is 0 Å². The van der Waals surface area contributed by atoms with Gasteiger partial charge in [-0.3, -0.25) is 0 Å². The van der Waals surface area contributed by atoms with Crippen LogP contribution in [0.25, 0.3) is 44.6 Å². The minimum atomic E-state index is 1.02. The molecule has 5 nitrogen and oxygen atoms in total. The molecule has 0 aliphatic heterocycles. The molecule has 0 atom stereocenters. The lowest BCUT2D eigenvalue weighted by atomic mass is 10.0. The smallest absolute Gasteiger partial charge is 0.262 e. The van der Waals surface area contributed by atoms with Crippen molar-refractivity contribution < 1.29 is 13.5 Å². The number of nitrogens with zero attached hydrogens (tertiary/aromatic N) is 5. The van der Waals surface area contributed by atoms with Crippen LogP contribution in [0.2, 0.25) is 0 Å². The SMILES string of the molecule is CN(C)c1ccc(/C=C/c2sc3ccccc3c2CCC[N+](C)(C)CC[N+](C)(C)CCC[n+]2c(/C=C/c3ccc(N(C)C)cc3)sc3ccccc32)cc1. The third-order valence-electron chi connectivity index (χ3n) is 10.7. The van der Waals surface area contributed by atoms with Gasteiger partial charge in [0.2, 0.25) is 5.52 Å². The first-order chi connectivity index (χ1) is 25.9. The number of benzene rings is 4. The highest BCUT2D eigenvalue weighted by atomic mass is 32.1. The van der Waals surface area contributed by atoms with Gasteiger partial charge in [0, 0.05) is 67.7 Å². The minimum Gasteiger partial charge on any atom is -0.378 e. The van der Waals surface area contributed by atoms with Crippen LogP contribution in [0.5, 0.6) is 0 Å². The van der Waals surface area contributed by atoms with Crippen molar-refractivity contribution in [3.05, 3.63) is 124 Å².